The molecule has 154 valence electrons. The van der Waals surface area contributed by atoms with Gasteiger partial charge in [0.05, 0.1) is 6.54 Å². The molecule has 2 N–H and O–H groups in total. The minimum atomic E-state index is -0.241. The molecule has 1 aliphatic heterocycles. The standard InChI is InChI=1S/C24H31N3O2/c1-18-12-19(2)16-27(15-18)17-22-11-7-6-10-21(22)13-25-23(28)14-26-24(29)20-8-4-3-5-9-20/h3-11,18-19H,12-17H2,1-2H3,(H,25,28)(H,26,29). The molecule has 2 amide bonds. The van der Waals surface area contributed by atoms with Crippen LogP contribution in [-0.2, 0) is 17.9 Å². The van der Waals surface area contributed by atoms with Crippen molar-refractivity contribution in [3.63, 3.8) is 0 Å². The Morgan fingerprint density at radius 2 is 1.52 bits per heavy atom. The molecule has 0 bridgehead atoms. The lowest BCUT2D eigenvalue weighted by molar-refractivity contribution is -0.120. The molecule has 0 spiro atoms. The highest BCUT2D eigenvalue weighted by molar-refractivity contribution is 5.96. The lowest BCUT2D eigenvalue weighted by atomic mass is 9.91. The van der Waals surface area contributed by atoms with Crippen molar-refractivity contribution in [3.05, 3.63) is 71.3 Å². The van der Waals surface area contributed by atoms with Crippen molar-refractivity contribution in [1.82, 2.24) is 15.5 Å². The molecule has 3 rings (SSSR count). The Hall–Kier alpha value is -2.66. The van der Waals surface area contributed by atoms with Gasteiger partial charge in [-0.3, -0.25) is 14.5 Å². The first-order valence-corrected chi connectivity index (χ1v) is 10.4. The molecule has 0 aliphatic carbocycles. The van der Waals surface area contributed by atoms with Crippen LogP contribution in [0.15, 0.2) is 54.6 Å². The largest absolute Gasteiger partial charge is 0.350 e. The number of rotatable bonds is 7. The number of amides is 2. The number of carbonyl (C=O) groups excluding carboxylic acids is 2. The predicted molar refractivity (Wildman–Crippen MR) is 115 cm³/mol. The van der Waals surface area contributed by atoms with Gasteiger partial charge in [-0.05, 0) is 41.5 Å². The number of likely N-dealkylation sites (tertiary alicyclic amines) is 1. The number of hydrogen-bond acceptors (Lipinski definition) is 3. The second kappa shape index (κ2) is 10.2. The van der Waals surface area contributed by atoms with Crippen LogP contribution in [0.1, 0.15) is 41.8 Å². The molecule has 0 radical (unpaired) electrons. The fourth-order valence-corrected chi connectivity index (χ4v) is 4.15. The van der Waals surface area contributed by atoms with E-state index >= 15 is 0 Å². The van der Waals surface area contributed by atoms with Gasteiger partial charge in [0, 0.05) is 31.7 Å². The number of carbonyl (C=O) groups is 2. The zero-order valence-electron chi connectivity index (χ0n) is 17.4. The summed E-state index contributed by atoms with van der Waals surface area (Å²) >= 11 is 0. The van der Waals surface area contributed by atoms with Crippen molar-refractivity contribution in [3.8, 4) is 0 Å². The molecule has 1 aliphatic rings. The molecule has 29 heavy (non-hydrogen) atoms. The van der Waals surface area contributed by atoms with E-state index in [9.17, 15) is 9.59 Å². The molecule has 0 saturated carbocycles. The minimum absolute atomic E-state index is 0.0307. The predicted octanol–water partition coefficient (Wildman–Crippen LogP) is 3.21. The van der Waals surface area contributed by atoms with Gasteiger partial charge in [0.25, 0.3) is 5.91 Å². The average molecular weight is 394 g/mol. The smallest absolute Gasteiger partial charge is 0.251 e. The van der Waals surface area contributed by atoms with E-state index in [0.29, 0.717) is 12.1 Å². The van der Waals surface area contributed by atoms with Crippen LogP contribution in [0.5, 0.6) is 0 Å². The van der Waals surface area contributed by atoms with Crippen molar-refractivity contribution >= 4 is 11.8 Å². The fourth-order valence-electron chi connectivity index (χ4n) is 4.15. The Morgan fingerprint density at radius 3 is 2.21 bits per heavy atom. The van der Waals surface area contributed by atoms with E-state index in [4.69, 9.17) is 0 Å². The van der Waals surface area contributed by atoms with Crippen LogP contribution in [0.4, 0.5) is 0 Å². The first-order valence-electron chi connectivity index (χ1n) is 10.4. The number of nitrogens with one attached hydrogen (secondary N) is 2. The van der Waals surface area contributed by atoms with Gasteiger partial charge < -0.3 is 10.6 Å². The SMILES string of the molecule is CC1CC(C)CN(Cc2ccccc2CNC(=O)CNC(=O)c2ccccc2)C1. The van der Waals surface area contributed by atoms with E-state index < -0.39 is 0 Å². The molecule has 1 fully saturated rings. The Morgan fingerprint density at radius 1 is 0.897 bits per heavy atom. The van der Waals surface area contributed by atoms with Gasteiger partial charge in [-0.2, -0.15) is 0 Å². The lowest BCUT2D eigenvalue weighted by Gasteiger charge is -2.35. The minimum Gasteiger partial charge on any atom is -0.350 e. The van der Waals surface area contributed by atoms with Crippen molar-refractivity contribution in [2.45, 2.75) is 33.4 Å². The number of benzene rings is 2. The van der Waals surface area contributed by atoms with E-state index in [1.165, 1.54) is 12.0 Å². The van der Waals surface area contributed by atoms with Gasteiger partial charge >= 0.3 is 0 Å². The average Bonchev–Trinajstić information content (AvgIpc) is 2.71. The molecule has 5 nitrogen and oxygen atoms in total. The second-order valence-electron chi connectivity index (χ2n) is 8.23. The van der Waals surface area contributed by atoms with Gasteiger partial charge in [-0.1, -0.05) is 56.3 Å². The molecule has 2 aromatic carbocycles. The third kappa shape index (κ3) is 6.43. The van der Waals surface area contributed by atoms with Gasteiger partial charge in [0.2, 0.25) is 5.91 Å². The van der Waals surface area contributed by atoms with Crippen LogP contribution in [0.2, 0.25) is 0 Å². The van der Waals surface area contributed by atoms with Crippen molar-refractivity contribution < 1.29 is 9.59 Å². The van der Waals surface area contributed by atoms with E-state index in [2.05, 4.69) is 47.6 Å². The van der Waals surface area contributed by atoms with Crippen LogP contribution in [0.3, 0.4) is 0 Å². The summed E-state index contributed by atoms with van der Waals surface area (Å²) in [6.45, 7) is 8.22. The summed E-state index contributed by atoms with van der Waals surface area (Å²) in [5.74, 6) is 1.01. The Bertz CT molecular complexity index is 812. The van der Waals surface area contributed by atoms with Gasteiger partial charge in [0.15, 0.2) is 0 Å². The Kier molecular flexibility index (Phi) is 7.42. The summed E-state index contributed by atoms with van der Waals surface area (Å²) in [5.41, 5.74) is 2.93. The van der Waals surface area contributed by atoms with E-state index in [1.807, 2.05) is 12.1 Å². The number of piperidine rings is 1. The van der Waals surface area contributed by atoms with Crippen LogP contribution >= 0.6 is 0 Å². The number of hydrogen-bond donors (Lipinski definition) is 2. The maximum Gasteiger partial charge on any atom is 0.251 e. The van der Waals surface area contributed by atoms with Gasteiger partial charge in [-0.15, -0.1) is 0 Å². The van der Waals surface area contributed by atoms with E-state index in [0.717, 1.165) is 37.0 Å². The maximum atomic E-state index is 12.2. The summed E-state index contributed by atoms with van der Waals surface area (Å²) < 4.78 is 0. The van der Waals surface area contributed by atoms with Gasteiger partial charge in [0.1, 0.15) is 0 Å². The fraction of sp³-hybridized carbons (Fsp3) is 0.417. The molecule has 5 heteroatoms. The maximum absolute atomic E-state index is 12.2. The summed E-state index contributed by atoms with van der Waals surface area (Å²) in [6.07, 6.45) is 1.29. The van der Waals surface area contributed by atoms with Crippen molar-refractivity contribution in [2.75, 3.05) is 19.6 Å². The molecular weight excluding hydrogens is 362 g/mol. The molecule has 2 unspecified atom stereocenters. The molecule has 0 aromatic heterocycles. The zero-order chi connectivity index (χ0) is 20.6. The van der Waals surface area contributed by atoms with Crippen LogP contribution < -0.4 is 10.6 Å². The summed E-state index contributed by atoms with van der Waals surface area (Å²) in [5, 5.41) is 5.59. The highest BCUT2D eigenvalue weighted by atomic mass is 16.2. The summed E-state index contributed by atoms with van der Waals surface area (Å²) in [7, 11) is 0. The quantitative estimate of drug-likeness (QED) is 0.759. The second-order valence-corrected chi connectivity index (χ2v) is 8.23. The lowest BCUT2D eigenvalue weighted by Crippen LogP contribution is -2.39. The first-order chi connectivity index (χ1) is 14.0. The Balaban J connectivity index is 1.50. The molecular formula is C24H31N3O2. The van der Waals surface area contributed by atoms with Crippen molar-refractivity contribution in [1.29, 1.82) is 0 Å². The van der Waals surface area contributed by atoms with Crippen LogP contribution in [-0.4, -0.2) is 36.3 Å². The first kappa shape index (κ1) is 21.1. The highest BCUT2D eigenvalue weighted by Gasteiger charge is 2.22. The highest BCUT2D eigenvalue weighted by Crippen LogP contribution is 2.23. The van der Waals surface area contributed by atoms with E-state index in [1.54, 1.807) is 24.3 Å². The van der Waals surface area contributed by atoms with Crippen LogP contribution in [0.25, 0.3) is 0 Å². The van der Waals surface area contributed by atoms with Crippen LogP contribution in [0, 0.1) is 11.8 Å². The van der Waals surface area contributed by atoms with Crippen molar-refractivity contribution in [2.24, 2.45) is 11.8 Å². The third-order valence-electron chi connectivity index (χ3n) is 5.38. The Labute approximate surface area is 173 Å². The summed E-state index contributed by atoms with van der Waals surface area (Å²) in [6, 6.07) is 17.2. The topological polar surface area (TPSA) is 61.4 Å². The normalized spacial score (nSPS) is 19.5. The molecule has 2 aromatic rings. The van der Waals surface area contributed by atoms with Gasteiger partial charge in [-0.25, -0.2) is 0 Å². The molecule has 2 atom stereocenters. The zero-order valence-corrected chi connectivity index (χ0v) is 17.4. The summed E-state index contributed by atoms with van der Waals surface area (Å²) in [4.78, 5) is 26.8. The molecule has 1 saturated heterocycles. The third-order valence-corrected chi connectivity index (χ3v) is 5.38. The van der Waals surface area contributed by atoms with E-state index in [-0.39, 0.29) is 18.4 Å². The number of nitrogens with zero attached hydrogens (tertiary/aromatic N) is 1. The molecule has 1 heterocycles. The monoisotopic (exact) mass is 393 g/mol.